The van der Waals surface area contributed by atoms with Gasteiger partial charge in [-0.3, -0.25) is 0 Å². The highest BCUT2D eigenvalue weighted by molar-refractivity contribution is 5.85. The zero-order valence-electron chi connectivity index (χ0n) is 9.21. The lowest BCUT2D eigenvalue weighted by Gasteiger charge is -2.09. The first-order valence-corrected chi connectivity index (χ1v) is 4.80. The van der Waals surface area contributed by atoms with Crippen LogP contribution in [0.1, 0.15) is 5.56 Å². The largest absolute Gasteiger partial charge is 0.573 e. The molecule has 1 aromatic rings. The smallest absolute Gasteiger partial charge is 0.406 e. The molecule has 0 aliphatic carbocycles. The quantitative estimate of drug-likeness (QED) is 0.861. The van der Waals surface area contributed by atoms with Crippen molar-refractivity contribution in [2.24, 2.45) is 5.73 Å². The van der Waals surface area contributed by atoms with Gasteiger partial charge in [0, 0.05) is 6.54 Å². The number of ether oxygens (including phenoxy) is 1. The molecule has 2 nitrogen and oxygen atoms in total. The van der Waals surface area contributed by atoms with Gasteiger partial charge in [-0.05, 0) is 30.2 Å². The number of allylic oxidation sites excluding steroid dienone is 1. The van der Waals surface area contributed by atoms with Gasteiger partial charge in [-0.2, -0.15) is 0 Å². The van der Waals surface area contributed by atoms with Crippen molar-refractivity contribution in [3.63, 3.8) is 0 Å². The first-order valence-electron chi connectivity index (χ1n) is 4.80. The maximum atomic E-state index is 12.7. The molecule has 0 aromatic heterocycles. The van der Waals surface area contributed by atoms with Gasteiger partial charge >= 0.3 is 6.36 Å². The molecule has 0 spiro atoms. The molecule has 0 aliphatic rings. The van der Waals surface area contributed by atoms with E-state index in [1.54, 1.807) is 6.07 Å². The average Bonchev–Trinajstić information content (AvgIpc) is 2.24. The molecule has 0 radical (unpaired) electrons. The molecule has 0 atom stereocenters. The lowest BCUT2D eigenvalue weighted by molar-refractivity contribution is -0.274. The Morgan fingerprint density at radius 1 is 1.33 bits per heavy atom. The van der Waals surface area contributed by atoms with Crippen LogP contribution >= 0.6 is 12.4 Å². The lowest BCUT2D eigenvalue weighted by Crippen LogP contribution is -2.17. The molecule has 0 bridgehead atoms. The van der Waals surface area contributed by atoms with E-state index in [9.17, 15) is 17.6 Å². The Kier molecular flexibility index (Phi) is 6.72. The normalized spacial score (nSPS) is 11.9. The predicted molar refractivity (Wildman–Crippen MR) is 62.3 cm³/mol. The fraction of sp³-hybridized carbons (Fsp3) is 0.273. The second-order valence-corrected chi connectivity index (χ2v) is 3.25. The van der Waals surface area contributed by atoms with Crippen LogP contribution in [0.15, 0.2) is 36.2 Å². The van der Waals surface area contributed by atoms with Gasteiger partial charge in [0.15, 0.2) is 0 Å². The first kappa shape index (κ1) is 16.7. The highest BCUT2D eigenvalue weighted by atomic mass is 35.5. The van der Waals surface area contributed by atoms with Crippen LogP contribution in [0.5, 0.6) is 5.75 Å². The third kappa shape index (κ3) is 6.46. The summed E-state index contributed by atoms with van der Waals surface area (Å²) in [6, 6.07) is 5.36. The Bertz CT molecular complexity index is 406. The molecule has 7 heteroatoms. The van der Waals surface area contributed by atoms with Crippen LogP contribution in [-0.4, -0.2) is 12.9 Å². The van der Waals surface area contributed by atoms with Crippen molar-refractivity contribution < 1.29 is 22.3 Å². The third-order valence-corrected chi connectivity index (χ3v) is 1.89. The maximum Gasteiger partial charge on any atom is 0.573 e. The summed E-state index contributed by atoms with van der Waals surface area (Å²) in [5.74, 6) is -0.830. The van der Waals surface area contributed by atoms with E-state index >= 15 is 0 Å². The van der Waals surface area contributed by atoms with Gasteiger partial charge in [0.25, 0.3) is 0 Å². The summed E-state index contributed by atoms with van der Waals surface area (Å²) in [4.78, 5) is 0. The number of alkyl halides is 3. The molecule has 0 unspecified atom stereocenters. The van der Waals surface area contributed by atoms with Crippen LogP contribution in [0.3, 0.4) is 0 Å². The molecule has 2 N–H and O–H groups in total. The Balaban J connectivity index is 0.00000289. The van der Waals surface area contributed by atoms with E-state index in [1.165, 1.54) is 24.3 Å². The number of hydrogen-bond donors (Lipinski definition) is 1. The summed E-state index contributed by atoms with van der Waals surface area (Å²) in [7, 11) is 0. The highest BCUT2D eigenvalue weighted by Crippen LogP contribution is 2.23. The molecule has 102 valence electrons. The van der Waals surface area contributed by atoms with Crippen molar-refractivity contribution in [3.8, 4) is 5.75 Å². The molecule has 1 aromatic carbocycles. The number of hydrogen-bond acceptors (Lipinski definition) is 2. The molecule has 0 saturated carbocycles. The Morgan fingerprint density at radius 2 is 2.00 bits per heavy atom. The van der Waals surface area contributed by atoms with E-state index < -0.39 is 12.2 Å². The van der Waals surface area contributed by atoms with Crippen molar-refractivity contribution in [2.45, 2.75) is 12.8 Å². The minimum Gasteiger partial charge on any atom is -0.406 e. The summed E-state index contributed by atoms with van der Waals surface area (Å²) in [6.07, 6.45) is -3.35. The van der Waals surface area contributed by atoms with Gasteiger partial charge in [-0.1, -0.05) is 12.1 Å². The lowest BCUT2D eigenvalue weighted by atomic mass is 10.1. The third-order valence-electron chi connectivity index (χ3n) is 1.89. The van der Waals surface area contributed by atoms with E-state index in [-0.39, 0.29) is 31.1 Å². The summed E-state index contributed by atoms with van der Waals surface area (Å²) < 4.78 is 52.2. The van der Waals surface area contributed by atoms with Gasteiger partial charge in [-0.25, -0.2) is 4.39 Å². The van der Waals surface area contributed by atoms with Crippen LogP contribution in [0.2, 0.25) is 0 Å². The van der Waals surface area contributed by atoms with Gasteiger partial charge < -0.3 is 10.5 Å². The van der Waals surface area contributed by atoms with Crippen molar-refractivity contribution >= 4 is 12.4 Å². The Labute approximate surface area is 108 Å². The SMILES string of the molecule is Cl.NC/C(F)=C/Cc1cccc(OC(F)(F)F)c1. The van der Waals surface area contributed by atoms with Gasteiger partial charge in [0.1, 0.15) is 11.6 Å². The predicted octanol–water partition coefficient (Wildman–Crippen LogP) is 3.36. The van der Waals surface area contributed by atoms with Crippen LogP contribution < -0.4 is 10.5 Å². The maximum absolute atomic E-state index is 12.7. The first-order chi connectivity index (χ1) is 7.90. The summed E-state index contributed by atoms with van der Waals surface area (Å²) >= 11 is 0. The molecular weight excluding hydrogens is 274 g/mol. The van der Waals surface area contributed by atoms with E-state index in [1.807, 2.05) is 0 Å². The van der Waals surface area contributed by atoms with Crippen molar-refractivity contribution in [2.75, 3.05) is 6.54 Å². The van der Waals surface area contributed by atoms with Gasteiger partial charge in [0.2, 0.25) is 0 Å². The molecule has 0 saturated heterocycles. The summed E-state index contributed by atoms with van der Waals surface area (Å²) in [6.45, 7) is -0.223. The summed E-state index contributed by atoms with van der Waals surface area (Å²) in [5, 5.41) is 0. The number of rotatable bonds is 4. The Hall–Kier alpha value is -1.27. The monoisotopic (exact) mass is 285 g/mol. The van der Waals surface area contributed by atoms with Crippen LogP contribution in [0, 0.1) is 0 Å². The van der Waals surface area contributed by atoms with E-state index in [0.717, 1.165) is 0 Å². The second kappa shape index (κ2) is 7.23. The highest BCUT2D eigenvalue weighted by Gasteiger charge is 2.30. The van der Waals surface area contributed by atoms with E-state index in [2.05, 4.69) is 4.74 Å². The Morgan fingerprint density at radius 3 is 2.56 bits per heavy atom. The zero-order chi connectivity index (χ0) is 12.9. The molecule has 0 aliphatic heterocycles. The minimum absolute atomic E-state index is 0. The molecule has 0 amide bonds. The van der Waals surface area contributed by atoms with E-state index in [0.29, 0.717) is 5.56 Å². The van der Waals surface area contributed by atoms with Crippen LogP contribution in [-0.2, 0) is 6.42 Å². The molecular formula is C11H12ClF4NO. The topological polar surface area (TPSA) is 35.2 Å². The fourth-order valence-electron chi connectivity index (χ4n) is 1.18. The van der Waals surface area contributed by atoms with Crippen molar-refractivity contribution in [3.05, 3.63) is 41.7 Å². The van der Waals surface area contributed by atoms with Crippen LogP contribution in [0.4, 0.5) is 17.6 Å². The average molecular weight is 286 g/mol. The molecule has 0 fully saturated rings. The molecule has 1 rings (SSSR count). The van der Waals surface area contributed by atoms with Gasteiger partial charge in [-0.15, -0.1) is 25.6 Å². The zero-order valence-corrected chi connectivity index (χ0v) is 10.0. The van der Waals surface area contributed by atoms with E-state index in [4.69, 9.17) is 5.73 Å². The van der Waals surface area contributed by atoms with Gasteiger partial charge in [0.05, 0.1) is 0 Å². The summed E-state index contributed by atoms with van der Waals surface area (Å²) in [5.41, 5.74) is 5.54. The number of benzene rings is 1. The standard InChI is InChI=1S/C11H11F4NO.ClH/c12-9(7-16)5-4-8-2-1-3-10(6-8)17-11(13,14)15;/h1-3,5-6H,4,7,16H2;1H/b9-5-;. The second-order valence-electron chi connectivity index (χ2n) is 3.25. The molecule has 18 heavy (non-hydrogen) atoms. The molecule has 0 heterocycles. The fourth-order valence-corrected chi connectivity index (χ4v) is 1.18. The van der Waals surface area contributed by atoms with Crippen molar-refractivity contribution in [1.82, 2.24) is 0 Å². The van der Waals surface area contributed by atoms with Crippen LogP contribution in [0.25, 0.3) is 0 Å². The number of nitrogens with two attached hydrogens (primary N) is 1. The number of halogens is 5. The minimum atomic E-state index is -4.73. The van der Waals surface area contributed by atoms with Crippen molar-refractivity contribution in [1.29, 1.82) is 0 Å².